The van der Waals surface area contributed by atoms with Gasteiger partial charge in [0.05, 0.1) is 0 Å². The molecule has 3 nitrogen and oxygen atoms in total. The van der Waals surface area contributed by atoms with Gasteiger partial charge in [-0.25, -0.2) is 0 Å². The van der Waals surface area contributed by atoms with E-state index in [2.05, 4.69) is 13.8 Å². The van der Waals surface area contributed by atoms with Crippen molar-refractivity contribution in [2.75, 3.05) is 0 Å². The summed E-state index contributed by atoms with van der Waals surface area (Å²) >= 11 is 0. The van der Waals surface area contributed by atoms with Gasteiger partial charge >= 0.3 is 26.2 Å². The van der Waals surface area contributed by atoms with Gasteiger partial charge in [-0.2, -0.15) is 6.42 Å². The first-order valence-electron chi connectivity index (χ1n) is 1.71. The Labute approximate surface area is 69.5 Å². The predicted octanol–water partition coefficient (Wildman–Crippen LogP) is 1.09. The van der Waals surface area contributed by atoms with Crippen molar-refractivity contribution in [2.24, 2.45) is 0 Å². The van der Waals surface area contributed by atoms with E-state index in [0.29, 0.717) is 0 Å². The molecule has 0 aromatic carbocycles. The number of unbranched alkanes of at least 4 members (excludes halogenated alkanes) is 1. The van der Waals surface area contributed by atoms with E-state index >= 15 is 0 Å². The Morgan fingerprint density at radius 2 is 1.25 bits per heavy atom. The van der Waals surface area contributed by atoms with Crippen LogP contribution in [0.2, 0.25) is 0 Å². The van der Waals surface area contributed by atoms with Crippen LogP contribution in [0.25, 0.3) is 0 Å². The van der Waals surface area contributed by atoms with Crippen LogP contribution in [0.5, 0.6) is 0 Å². The quantitative estimate of drug-likeness (QED) is 0.592. The average molecular weight is 199 g/mol. The molecule has 0 aliphatic rings. The Bertz CT molecular complexity index is 13.2. The van der Waals surface area contributed by atoms with Crippen molar-refractivity contribution < 1.29 is 42.6 Å². The van der Waals surface area contributed by atoms with Gasteiger partial charge in [0.25, 0.3) is 0 Å². The van der Waals surface area contributed by atoms with Gasteiger partial charge in [0, 0.05) is 0 Å². The first kappa shape index (κ1) is 37.3. The van der Waals surface area contributed by atoms with Gasteiger partial charge < -0.3 is 23.4 Å². The van der Waals surface area contributed by atoms with Crippen LogP contribution in [0.1, 0.15) is 19.8 Å². The van der Waals surface area contributed by atoms with Gasteiger partial charge in [0.1, 0.15) is 0 Å². The van der Waals surface area contributed by atoms with Crippen LogP contribution in [0.15, 0.2) is 0 Å². The van der Waals surface area contributed by atoms with E-state index in [4.69, 9.17) is 0 Å². The summed E-state index contributed by atoms with van der Waals surface area (Å²) in [5.41, 5.74) is 0. The maximum absolute atomic E-state index is 3.60. The van der Waals surface area contributed by atoms with Crippen molar-refractivity contribution in [1.29, 1.82) is 0 Å². The van der Waals surface area contributed by atoms with Gasteiger partial charge in [-0.05, 0) is 0 Å². The molecule has 0 aromatic rings. The molecule has 0 aliphatic carbocycles. The van der Waals surface area contributed by atoms with Crippen LogP contribution >= 0.6 is 0 Å². The number of hydrogen-bond acceptors (Lipinski definition) is 3. The molecule has 0 spiro atoms. The van der Waals surface area contributed by atoms with E-state index in [1.54, 1.807) is 0 Å². The van der Waals surface area contributed by atoms with Crippen LogP contribution in [0, 0.1) is 6.92 Å². The Hall–Kier alpha value is 0.763. The third-order valence-corrected chi connectivity index (χ3v) is 0.354. The molecule has 0 fully saturated rings. The molecule has 0 saturated carbocycles. The largest absolute Gasteiger partial charge is 4.00 e. The molecule has 0 aliphatic heterocycles. The van der Waals surface area contributed by atoms with E-state index in [1.807, 2.05) is 0 Å². The molecule has 0 rings (SSSR count). The fraction of sp³-hybridized carbons (Fsp3) is 0.750. The molecule has 0 amide bonds. The zero-order valence-electron chi connectivity index (χ0n) is 4.96. The minimum Gasteiger partial charge on any atom is -0.870 e. The molecule has 0 bridgehead atoms. The summed E-state index contributed by atoms with van der Waals surface area (Å²) in [7, 11) is 0. The summed E-state index contributed by atoms with van der Waals surface area (Å²) in [5.74, 6) is 0. The molecule has 8 heavy (non-hydrogen) atoms. The van der Waals surface area contributed by atoms with Crippen molar-refractivity contribution in [3.63, 3.8) is 0 Å². The summed E-state index contributed by atoms with van der Waals surface area (Å²) in [6, 6.07) is 0. The summed E-state index contributed by atoms with van der Waals surface area (Å²) in [4.78, 5) is 0. The molecule has 3 N–H and O–H groups in total. The number of rotatable bonds is 1. The fourth-order valence-corrected chi connectivity index (χ4v) is 0. The minimum absolute atomic E-state index is 0. The Balaban J connectivity index is -0.00000000750. The van der Waals surface area contributed by atoms with E-state index in [1.165, 1.54) is 6.42 Å². The standard InChI is InChI=1S/C4H9.3H2O.Zr/c1-3-4-2;;;;/h1,3-4H2,2H3;3*1H2;/q-1;;;;+4/p-3. The topological polar surface area (TPSA) is 90.0 Å². The SMILES string of the molecule is [CH2-]CCC.[OH-].[OH-].[OH-].[Zr+4]. The van der Waals surface area contributed by atoms with Gasteiger partial charge in [-0.1, -0.05) is 13.3 Å². The predicted molar refractivity (Wildman–Crippen MR) is 26.1 cm³/mol. The van der Waals surface area contributed by atoms with Crippen LogP contribution in [-0.4, -0.2) is 16.4 Å². The first-order chi connectivity index (χ1) is 1.91. The fourth-order valence-electron chi connectivity index (χ4n) is 0. The molecule has 50 valence electrons. The Morgan fingerprint density at radius 3 is 1.25 bits per heavy atom. The summed E-state index contributed by atoms with van der Waals surface area (Å²) in [6.07, 6.45) is 2.28. The smallest absolute Gasteiger partial charge is 0.870 e. The van der Waals surface area contributed by atoms with Crippen molar-refractivity contribution in [1.82, 2.24) is 0 Å². The molecule has 0 unspecified atom stereocenters. The molecule has 0 atom stereocenters. The van der Waals surface area contributed by atoms with Gasteiger partial charge in [-0.15, -0.1) is 0 Å². The van der Waals surface area contributed by atoms with E-state index in [0.717, 1.165) is 6.42 Å². The van der Waals surface area contributed by atoms with E-state index in [9.17, 15) is 0 Å². The molecular formula is C4H12O3Zr. The third-order valence-electron chi connectivity index (χ3n) is 0.354. The van der Waals surface area contributed by atoms with Crippen molar-refractivity contribution in [2.45, 2.75) is 19.8 Å². The summed E-state index contributed by atoms with van der Waals surface area (Å²) < 4.78 is 0. The third kappa shape index (κ3) is 72.3. The zero-order valence-corrected chi connectivity index (χ0v) is 7.42. The molecular weight excluding hydrogens is 187 g/mol. The molecule has 0 radical (unpaired) electrons. The first-order valence-corrected chi connectivity index (χ1v) is 1.71. The second kappa shape index (κ2) is 46.5. The average Bonchev–Trinajstić information content (AvgIpc) is 1.37. The van der Waals surface area contributed by atoms with Crippen LogP contribution in [0.3, 0.4) is 0 Å². The van der Waals surface area contributed by atoms with E-state index < -0.39 is 0 Å². The number of hydrogen-bond donors (Lipinski definition) is 0. The van der Waals surface area contributed by atoms with Crippen LogP contribution in [-0.2, 0) is 26.2 Å². The summed E-state index contributed by atoms with van der Waals surface area (Å²) in [6.45, 7) is 5.72. The Kier molecular flexibility index (Phi) is 217. The van der Waals surface area contributed by atoms with Gasteiger partial charge in [0.2, 0.25) is 0 Å². The van der Waals surface area contributed by atoms with Crippen LogP contribution < -0.4 is 0 Å². The van der Waals surface area contributed by atoms with Crippen LogP contribution in [0.4, 0.5) is 0 Å². The van der Waals surface area contributed by atoms with Gasteiger partial charge in [0.15, 0.2) is 0 Å². The molecule has 0 heterocycles. The molecule has 0 aromatic heterocycles. The summed E-state index contributed by atoms with van der Waals surface area (Å²) in [5, 5.41) is 0. The molecule has 4 heteroatoms. The van der Waals surface area contributed by atoms with Crippen molar-refractivity contribution >= 4 is 0 Å². The van der Waals surface area contributed by atoms with Gasteiger partial charge in [-0.3, -0.25) is 0 Å². The van der Waals surface area contributed by atoms with E-state index in [-0.39, 0.29) is 42.6 Å². The normalized spacial score (nSPS) is 3.75. The second-order valence-electron chi connectivity index (χ2n) is 0.854. The monoisotopic (exact) mass is 198 g/mol. The zero-order chi connectivity index (χ0) is 3.41. The van der Waals surface area contributed by atoms with Crippen molar-refractivity contribution in [3.8, 4) is 0 Å². The Morgan fingerprint density at radius 1 is 1.12 bits per heavy atom. The maximum atomic E-state index is 3.60. The molecule has 0 saturated heterocycles. The second-order valence-corrected chi connectivity index (χ2v) is 0.854. The minimum atomic E-state index is 0. The van der Waals surface area contributed by atoms with Crippen molar-refractivity contribution in [3.05, 3.63) is 6.92 Å². The maximum Gasteiger partial charge on any atom is 4.00 e.